The molecule has 2 amide bonds. The van der Waals surface area contributed by atoms with Crippen LogP contribution in [0.15, 0.2) is 0 Å². The normalized spacial score (nSPS) is 22.6. The number of hydrogen-bond donors (Lipinski definition) is 1. The number of amides is 2. The molecule has 15 heavy (non-hydrogen) atoms. The van der Waals surface area contributed by atoms with Crippen LogP contribution >= 0.6 is 0 Å². The fourth-order valence-corrected chi connectivity index (χ4v) is 2.29. The van der Waals surface area contributed by atoms with E-state index in [1.165, 1.54) is 12.8 Å². The highest BCUT2D eigenvalue weighted by molar-refractivity contribution is 5.83. The van der Waals surface area contributed by atoms with Crippen molar-refractivity contribution in [2.24, 2.45) is 5.92 Å². The molecule has 0 bridgehead atoms. The number of nitrogens with one attached hydrogen (secondary N) is 1. The SMILES string of the molecule is CC(=O)N1CC(C(=O)NC2CCCC2)C1. The third kappa shape index (κ3) is 2.30. The van der Waals surface area contributed by atoms with Gasteiger partial charge >= 0.3 is 0 Å². The van der Waals surface area contributed by atoms with E-state index in [4.69, 9.17) is 0 Å². The molecule has 0 spiro atoms. The summed E-state index contributed by atoms with van der Waals surface area (Å²) in [6.45, 7) is 2.76. The van der Waals surface area contributed by atoms with Gasteiger partial charge in [-0.25, -0.2) is 0 Å². The lowest BCUT2D eigenvalue weighted by atomic mass is 9.98. The summed E-state index contributed by atoms with van der Waals surface area (Å²) in [5, 5.41) is 3.06. The molecule has 4 heteroatoms. The zero-order valence-electron chi connectivity index (χ0n) is 9.16. The predicted octanol–water partition coefficient (Wildman–Crippen LogP) is 0.523. The molecule has 0 aromatic rings. The molecule has 4 nitrogen and oxygen atoms in total. The van der Waals surface area contributed by atoms with Gasteiger partial charge in [-0.1, -0.05) is 12.8 Å². The maximum Gasteiger partial charge on any atom is 0.226 e. The minimum absolute atomic E-state index is 0.0366. The third-order valence-electron chi connectivity index (χ3n) is 3.40. The first kappa shape index (κ1) is 10.5. The topological polar surface area (TPSA) is 49.4 Å². The van der Waals surface area contributed by atoms with Crippen LogP contribution in [0.5, 0.6) is 0 Å². The summed E-state index contributed by atoms with van der Waals surface area (Å²) >= 11 is 0. The molecule has 2 aliphatic rings. The molecular formula is C11H18N2O2. The molecule has 1 N–H and O–H groups in total. The van der Waals surface area contributed by atoms with Gasteiger partial charge in [0, 0.05) is 26.1 Å². The van der Waals surface area contributed by atoms with Crippen molar-refractivity contribution in [2.75, 3.05) is 13.1 Å². The van der Waals surface area contributed by atoms with Gasteiger partial charge in [0.05, 0.1) is 5.92 Å². The quantitative estimate of drug-likeness (QED) is 0.722. The molecule has 0 atom stereocenters. The molecule has 1 aliphatic carbocycles. The molecule has 0 aromatic heterocycles. The minimum atomic E-state index is 0.0366. The zero-order chi connectivity index (χ0) is 10.8. The van der Waals surface area contributed by atoms with Crippen LogP contribution in [0.1, 0.15) is 32.6 Å². The van der Waals surface area contributed by atoms with Crippen LogP contribution in [0.3, 0.4) is 0 Å². The van der Waals surface area contributed by atoms with Crippen LogP contribution in [0.25, 0.3) is 0 Å². The molecule has 1 aliphatic heterocycles. The Kier molecular flexibility index (Phi) is 2.93. The second-order valence-corrected chi connectivity index (χ2v) is 4.61. The Balaban J connectivity index is 1.71. The van der Waals surface area contributed by atoms with Crippen molar-refractivity contribution in [3.63, 3.8) is 0 Å². The standard InChI is InChI=1S/C11H18N2O2/c1-8(14)13-6-9(7-13)11(15)12-10-4-2-3-5-10/h9-10H,2-7H2,1H3,(H,12,15). The molecule has 1 saturated heterocycles. The fourth-order valence-electron chi connectivity index (χ4n) is 2.29. The zero-order valence-corrected chi connectivity index (χ0v) is 9.16. The Bertz CT molecular complexity index is 266. The first-order valence-electron chi connectivity index (χ1n) is 5.72. The van der Waals surface area contributed by atoms with Gasteiger partial charge in [-0.2, -0.15) is 0 Å². The van der Waals surface area contributed by atoms with E-state index in [1.807, 2.05) is 0 Å². The van der Waals surface area contributed by atoms with E-state index in [0.717, 1.165) is 12.8 Å². The molecule has 2 rings (SSSR count). The summed E-state index contributed by atoms with van der Waals surface area (Å²) in [5.41, 5.74) is 0. The van der Waals surface area contributed by atoms with E-state index in [-0.39, 0.29) is 17.7 Å². The Morgan fingerprint density at radius 1 is 1.20 bits per heavy atom. The molecule has 84 valence electrons. The van der Waals surface area contributed by atoms with E-state index in [1.54, 1.807) is 11.8 Å². The summed E-state index contributed by atoms with van der Waals surface area (Å²) < 4.78 is 0. The molecule has 0 aromatic carbocycles. The first-order valence-corrected chi connectivity index (χ1v) is 5.72. The minimum Gasteiger partial charge on any atom is -0.353 e. The van der Waals surface area contributed by atoms with Crippen molar-refractivity contribution in [3.05, 3.63) is 0 Å². The Morgan fingerprint density at radius 3 is 2.33 bits per heavy atom. The highest BCUT2D eigenvalue weighted by atomic mass is 16.2. The fraction of sp³-hybridized carbons (Fsp3) is 0.818. The lowest BCUT2D eigenvalue weighted by molar-refractivity contribution is -0.141. The maximum absolute atomic E-state index is 11.7. The number of hydrogen-bond acceptors (Lipinski definition) is 2. The van der Waals surface area contributed by atoms with Crippen LogP contribution in [0, 0.1) is 5.92 Å². The first-order chi connectivity index (χ1) is 7.16. The molecule has 0 radical (unpaired) electrons. The van der Waals surface area contributed by atoms with Crippen LogP contribution in [-0.2, 0) is 9.59 Å². The molecular weight excluding hydrogens is 192 g/mol. The second-order valence-electron chi connectivity index (χ2n) is 4.61. The highest BCUT2D eigenvalue weighted by Gasteiger charge is 2.35. The summed E-state index contributed by atoms with van der Waals surface area (Å²) in [4.78, 5) is 24.3. The van der Waals surface area contributed by atoms with Crippen LogP contribution in [0.2, 0.25) is 0 Å². The Morgan fingerprint density at radius 2 is 1.80 bits per heavy atom. The van der Waals surface area contributed by atoms with Gasteiger partial charge in [-0.3, -0.25) is 9.59 Å². The van der Waals surface area contributed by atoms with Crippen molar-refractivity contribution in [2.45, 2.75) is 38.6 Å². The smallest absolute Gasteiger partial charge is 0.226 e. The lowest BCUT2D eigenvalue weighted by Crippen LogP contribution is -2.56. The monoisotopic (exact) mass is 210 g/mol. The average molecular weight is 210 g/mol. The van der Waals surface area contributed by atoms with Crippen LogP contribution in [0.4, 0.5) is 0 Å². The van der Waals surface area contributed by atoms with Gasteiger partial charge in [-0.15, -0.1) is 0 Å². The van der Waals surface area contributed by atoms with Gasteiger partial charge in [0.1, 0.15) is 0 Å². The third-order valence-corrected chi connectivity index (χ3v) is 3.40. The predicted molar refractivity (Wildman–Crippen MR) is 56.1 cm³/mol. The van der Waals surface area contributed by atoms with Crippen molar-refractivity contribution in [1.82, 2.24) is 10.2 Å². The van der Waals surface area contributed by atoms with Gasteiger partial charge in [0.2, 0.25) is 11.8 Å². The largest absolute Gasteiger partial charge is 0.353 e. The van der Waals surface area contributed by atoms with E-state index < -0.39 is 0 Å². The van der Waals surface area contributed by atoms with E-state index >= 15 is 0 Å². The van der Waals surface area contributed by atoms with E-state index in [9.17, 15) is 9.59 Å². The van der Waals surface area contributed by atoms with Gasteiger partial charge < -0.3 is 10.2 Å². The highest BCUT2D eigenvalue weighted by Crippen LogP contribution is 2.20. The van der Waals surface area contributed by atoms with Crippen molar-refractivity contribution >= 4 is 11.8 Å². The molecule has 1 saturated carbocycles. The summed E-state index contributed by atoms with van der Waals surface area (Å²) in [6, 6.07) is 0.392. The summed E-state index contributed by atoms with van der Waals surface area (Å²) in [7, 11) is 0. The molecule has 2 fully saturated rings. The van der Waals surface area contributed by atoms with Crippen LogP contribution in [-0.4, -0.2) is 35.8 Å². The van der Waals surface area contributed by atoms with Crippen molar-refractivity contribution in [3.8, 4) is 0 Å². The summed E-state index contributed by atoms with van der Waals surface area (Å²) in [5.74, 6) is 0.244. The molecule has 0 unspecified atom stereocenters. The maximum atomic E-state index is 11.7. The van der Waals surface area contributed by atoms with Gasteiger partial charge in [0.15, 0.2) is 0 Å². The van der Waals surface area contributed by atoms with Gasteiger partial charge in [0.25, 0.3) is 0 Å². The number of likely N-dealkylation sites (tertiary alicyclic amines) is 1. The number of rotatable bonds is 2. The van der Waals surface area contributed by atoms with Crippen molar-refractivity contribution in [1.29, 1.82) is 0 Å². The average Bonchev–Trinajstić information content (AvgIpc) is 2.52. The summed E-state index contributed by atoms with van der Waals surface area (Å²) in [6.07, 6.45) is 4.70. The Labute approximate surface area is 90.0 Å². The lowest BCUT2D eigenvalue weighted by Gasteiger charge is -2.38. The number of carbonyl (C=O) groups excluding carboxylic acids is 2. The van der Waals surface area contributed by atoms with Crippen molar-refractivity contribution < 1.29 is 9.59 Å². The van der Waals surface area contributed by atoms with E-state index in [0.29, 0.717) is 19.1 Å². The molecule has 1 heterocycles. The van der Waals surface area contributed by atoms with E-state index in [2.05, 4.69) is 5.32 Å². The van der Waals surface area contributed by atoms with Crippen LogP contribution < -0.4 is 5.32 Å². The number of nitrogens with zero attached hydrogens (tertiary/aromatic N) is 1. The number of carbonyl (C=O) groups is 2. The second kappa shape index (κ2) is 4.21. The Hall–Kier alpha value is -1.06. The van der Waals surface area contributed by atoms with Gasteiger partial charge in [-0.05, 0) is 12.8 Å².